The van der Waals surface area contributed by atoms with Gasteiger partial charge in [0, 0.05) is 17.3 Å². The highest BCUT2D eigenvalue weighted by Crippen LogP contribution is 2.28. The zero-order chi connectivity index (χ0) is 14.5. The first kappa shape index (κ1) is 13.7. The summed E-state index contributed by atoms with van der Waals surface area (Å²) in [6.07, 6.45) is 0. The molecule has 0 aromatic heterocycles. The van der Waals surface area contributed by atoms with Crippen LogP contribution in [0.2, 0.25) is 0 Å². The topological polar surface area (TPSA) is 68.3 Å². The fourth-order valence-electron chi connectivity index (χ4n) is 1.69. The van der Waals surface area contributed by atoms with Crippen molar-refractivity contribution < 1.29 is 13.9 Å². The Morgan fingerprint density at radius 1 is 1.20 bits per heavy atom. The van der Waals surface area contributed by atoms with Crippen molar-refractivity contribution in [3.05, 3.63) is 53.3 Å². The second-order valence-electron chi connectivity index (χ2n) is 4.12. The fourth-order valence-corrected chi connectivity index (χ4v) is 1.69. The normalized spacial score (nSPS) is 9.85. The van der Waals surface area contributed by atoms with Crippen LogP contribution in [0.15, 0.2) is 36.4 Å². The molecule has 0 heterocycles. The van der Waals surface area contributed by atoms with Crippen molar-refractivity contribution >= 4 is 5.69 Å². The highest BCUT2D eigenvalue weighted by Gasteiger charge is 2.08. The molecule has 2 aromatic rings. The van der Waals surface area contributed by atoms with Crippen molar-refractivity contribution in [2.24, 2.45) is 0 Å². The van der Waals surface area contributed by atoms with Gasteiger partial charge in [-0.25, -0.2) is 4.39 Å². The van der Waals surface area contributed by atoms with Crippen molar-refractivity contribution in [1.82, 2.24) is 0 Å². The van der Waals surface area contributed by atoms with Crippen LogP contribution in [0.1, 0.15) is 11.1 Å². The van der Waals surface area contributed by atoms with E-state index >= 15 is 0 Å². The number of halogens is 1. The Balaban J connectivity index is 2.16. The van der Waals surface area contributed by atoms with E-state index in [0.717, 1.165) is 0 Å². The minimum atomic E-state index is -0.419. The Kier molecular flexibility index (Phi) is 4.06. The third-order valence-electron chi connectivity index (χ3n) is 2.75. The third-order valence-corrected chi connectivity index (χ3v) is 2.75. The fraction of sp³-hybridized carbons (Fsp3) is 0.133. The molecule has 0 atom stereocenters. The number of hydrogen-bond donors (Lipinski definition) is 1. The minimum Gasteiger partial charge on any atom is -0.493 e. The first-order valence-corrected chi connectivity index (χ1v) is 5.89. The molecule has 5 heteroatoms. The number of nitrogens with two attached hydrogens (primary N) is 1. The molecule has 0 aliphatic heterocycles. The van der Waals surface area contributed by atoms with Gasteiger partial charge < -0.3 is 15.2 Å². The van der Waals surface area contributed by atoms with Gasteiger partial charge in [0.25, 0.3) is 0 Å². The molecule has 0 unspecified atom stereocenters. The SMILES string of the molecule is COc1cc(C#N)ccc1OCc1ccc(N)cc1F. The van der Waals surface area contributed by atoms with Gasteiger partial charge >= 0.3 is 0 Å². The Bertz CT molecular complexity index is 665. The number of hydrogen-bond acceptors (Lipinski definition) is 4. The average Bonchev–Trinajstić information content (AvgIpc) is 2.46. The molecular weight excluding hydrogens is 259 g/mol. The molecule has 2 rings (SSSR count). The van der Waals surface area contributed by atoms with Gasteiger partial charge in [-0.1, -0.05) is 6.07 Å². The minimum absolute atomic E-state index is 0.0500. The second kappa shape index (κ2) is 5.93. The summed E-state index contributed by atoms with van der Waals surface area (Å²) in [5.74, 6) is 0.459. The predicted molar refractivity (Wildman–Crippen MR) is 72.9 cm³/mol. The Labute approximate surface area is 116 Å². The number of nitrogens with zero attached hydrogens (tertiary/aromatic N) is 1. The lowest BCUT2D eigenvalue weighted by Gasteiger charge is -2.11. The molecule has 20 heavy (non-hydrogen) atoms. The van der Waals surface area contributed by atoms with Crippen LogP contribution in [0.5, 0.6) is 11.5 Å². The van der Waals surface area contributed by atoms with E-state index in [0.29, 0.717) is 28.3 Å². The van der Waals surface area contributed by atoms with Gasteiger partial charge in [-0.05, 0) is 24.3 Å². The summed E-state index contributed by atoms with van der Waals surface area (Å²) in [6, 6.07) is 11.2. The number of rotatable bonds is 4. The van der Waals surface area contributed by atoms with Gasteiger partial charge in [0.15, 0.2) is 11.5 Å². The van der Waals surface area contributed by atoms with Gasteiger partial charge in [-0.15, -0.1) is 0 Å². The van der Waals surface area contributed by atoms with E-state index < -0.39 is 5.82 Å². The zero-order valence-electron chi connectivity index (χ0n) is 10.9. The first-order valence-electron chi connectivity index (χ1n) is 5.89. The number of nitriles is 1. The number of ether oxygens (including phenoxy) is 2. The molecule has 0 amide bonds. The van der Waals surface area contributed by atoms with E-state index in [2.05, 4.69) is 0 Å². The first-order chi connectivity index (χ1) is 9.63. The maximum absolute atomic E-state index is 13.6. The number of nitrogen functional groups attached to an aromatic ring is 1. The quantitative estimate of drug-likeness (QED) is 0.869. The van der Waals surface area contributed by atoms with Crippen LogP contribution in [0.4, 0.5) is 10.1 Å². The number of benzene rings is 2. The lowest BCUT2D eigenvalue weighted by molar-refractivity contribution is 0.279. The summed E-state index contributed by atoms with van der Waals surface area (Å²) in [5.41, 5.74) is 6.70. The number of anilines is 1. The summed E-state index contributed by atoms with van der Waals surface area (Å²) >= 11 is 0. The highest BCUT2D eigenvalue weighted by atomic mass is 19.1. The number of methoxy groups -OCH3 is 1. The van der Waals surface area contributed by atoms with Crippen molar-refractivity contribution in [3.63, 3.8) is 0 Å². The van der Waals surface area contributed by atoms with Crippen LogP contribution in [-0.4, -0.2) is 7.11 Å². The van der Waals surface area contributed by atoms with Gasteiger partial charge in [0.2, 0.25) is 0 Å². The maximum atomic E-state index is 13.6. The Morgan fingerprint density at radius 2 is 2.00 bits per heavy atom. The van der Waals surface area contributed by atoms with Gasteiger partial charge in [-0.3, -0.25) is 0 Å². The molecule has 0 saturated heterocycles. The largest absolute Gasteiger partial charge is 0.493 e. The van der Waals surface area contributed by atoms with E-state index in [1.54, 1.807) is 30.3 Å². The summed E-state index contributed by atoms with van der Waals surface area (Å²) in [5, 5.41) is 8.81. The van der Waals surface area contributed by atoms with Gasteiger partial charge in [0.1, 0.15) is 12.4 Å². The molecule has 102 valence electrons. The highest BCUT2D eigenvalue weighted by molar-refractivity contribution is 5.47. The molecule has 0 radical (unpaired) electrons. The molecule has 0 bridgehead atoms. The zero-order valence-corrected chi connectivity index (χ0v) is 10.9. The van der Waals surface area contributed by atoms with E-state index in [9.17, 15) is 4.39 Å². The van der Waals surface area contributed by atoms with Crippen LogP contribution in [-0.2, 0) is 6.61 Å². The predicted octanol–water partition coefficient (Wildman–Crippen LogP) is 2.87. The molecule has 0 spiro atoms. The molecule has 0 aliphatic carbocycles. The summed E-state index contributed by atoms with van der Waals surface area (Å²) in [6.45, 7) is 0.0500. The van der Waals surface area contributed by atoms with Crippen molar-refractivity contribution in [2.45, 2.75) is 6.61 Å². The molecule has 2 N–H and O–H groups in total. The summed E-state index contributed by atoms with van der Waals surface area (Å²) in [7, 11) is 1.48. The monoisotopic (exact) mass is 272 g/mol. The van der Waals surface area contributed by atoms with Crippen molar-refractivity contribution in [1.29, 1.82) is 5.26 Å². The summed E-state index contributed by atoms with van der Waals surface area (Å²) in [4.78, 5) is 0. The standard InChI is InChI=1S/C15H13FN2O2/c1-19-15-6-10(8-17)2-5-14(15)20-9-11-3-4-12(18)7-13(11)16/h2-7H,9,18H2,1H3. The molecule has 4 nitrogen and oxygen atoms in total. The van der Waals surface area contributed by atoms with E-state index in [-0.39, 0.29) is 6.61 Å². The molecule has 0 saturated carbocycles. The molecule has 2 aromatic carbocycles. The van der Waals surface area contributed by atoms with E-state index in [1.165, 1.54) is 13.2 Å². The van der Waals surface area contributed by atoms with Crippen LogP contribution in [0, 0.1) is 17.1 Å². The van der Waals surface area contributed by atoms with Gasteiger partial charge in [-0.2, -0.15) is 5.26 Å². The third kappa shape index (κ3) is 2.98. The van der Waals surface area contributed by atoms with Crippen LogP contribution >= 0.6 is 0 Å². The lowest BCUT2D eigenvalue weighted by atomic mass is 10.2. The van der Waals surface area contributed by atoms with E-state index in [4.69, 9.17) is 20.5 Å². The summed E-state index contributed by atoms with van der Waals surface area (Å²) < 4.78 is 24.3. The average molecular weight is 272 g/mol. The molecular formula is C15H13FN2O2. The maximum Gasteiger partial charge on any atom is 0.162 e. The van der Waals surface area contributed by atoms with Crippen molar-refractivity contribution in [3.8, 4) is 17.6 Å². The molecule has 0 aliphatic rings. The molecule has 0 fully saturated rings. The smallest absolute Gasteiger partial charge is 0.162 e. The Morgan fingerprint density at radius 3 is 2.65 bits per heavy atom. The second-order valence-corrected chi connectivity index (χ2v) is 4.12. The van der Waals surface area contributed by atoms with Crippen LogP contribution < -0.4 is 15.2 Å². The van der Waals surface area contributed by atoms with E-state index in [1.807, 2.05) is 6.07 Å². The van der Waals surface area contributed by atoms with Crippen molar-refractivity contribution in [2.75, 3.05) is 12.8 Å². The Hall–Kier alpha value is -2.74. The lowest BCUT2D eigenvalue weighted by Crippen LogP contribution is -2.01. The van der Waals surface area contributed by atoms with Crippen LogP contribution in [0.25, 0.3) is 0 Å². The van der Waals surface area contributed by atoms with Gasteiger partial charge in [0.05, 0.1) is 18.7 Å². The van der Waals surface area contributed by atoms with Crippen LogP contribution in [0.3, 0.4) is 0 Å².